The second kappa shape index (κ2) is 6.01. The molecule has 92 valence electrons. The van der Waals surface area contributed by atoms with Crippen LogP contribution >= 0.6 is 22.9 Å². The maximum Gasteiger partial charge on any atom is 0.0931 e. The monoisotopic (exact) mass is 260 g/mol. The molecule has 1 heterocycles. The van der Waals surface area contributed by atoms with Crippen LogP contribution in [0.15, 0.2) is 12.1 Å². The van der Waals surface area contributed by atoms with Crippen LogP contribution in [-0.2, 0) is 6.54 Å². The quantitative estimate of drug-likeness (QED) is 0.798. The Kier molecular flexibility index (Phi) is 5.25. The molecule has 1 unspecified atom stereocenters. The summed E-state index contributed by atoms with van der Waals surface area (Å²) in [5.41, 5.74) is 6.26. The van der Waals surface area contributed by atoms with Gasteiger partial charge in [-0.15, -0.1) is 11.3 Å². The number of nitrogens with two attached hydrogens (primary N) is 1. The highest BCUT2D eigenvalue weighted by Crippen LogP contribution is 2.21. The molecule has 2 nitrogen and oxygen atoms in total. The molecule has 4 heteroatoms. The average Bonchev–Trinajstić information content (AvgIpc) is 2.57. The van der Waals surface area contributed by atoms with Crippen molar-refractivity contribution in [1.29, 1.82) is 0 Å². The second-order valence-corrected chi connectivity index (χ2v) is 6.94. The molecule has 1 aromatic rings. The zero-order valence-electron chi connectivity index (χ0n) is 10.2. The fourth-order valence-electron chi connectivity index (χ4n) is 1.35. The van der Waals surface area contributed by atoms with Crippen molar-refractivity contribution in [2.75, 3.05) is 6.54 Å². The summed E-state index contributed by atoms with van der Waals surface area (Å²) in [7, 11) is 0. The molecule has 0 aromatic carbocycles. The van der Waals surface area contributed by atoms with Crippen LogP contribution in [0.4, 0.5) is 0 Å². The molecule has 16 heavy (non-hydrogen) atoms. The van der Waals surface area contributed by atoms with E-state index >= 15 is 0 Å². The molecule has 0 aliphatic carbocycles. The Hall–Kier alpha value is -0.0900. The van der Waals surface area contributed by atoms with Gasteiger partial charge in [-0.2, -0.15) is 0 Å². The van der Waals surface area contributed by atoms with Crippen LogP contribution < -0.4 is 11.1 Å². The van der Waals surface area contributed by atoms with Gasteiger partial charge in [0.25, 0.3) is 0 Å². The maximum absolute atomic E-state index is 6.08. The fourth-order valence-corrected chi connectivity index (χ4v) is 2.41. The summed E-state index contributed by atoms with van der Waals surface area (Å²) in [4.78, 5) is 1.27. The van der Waals surface area contributed by atoms with Crippen molar-refractivity contribution < 1.29 is 0 Å². The molecule has 1 rings (SSSR count). The van der Waals surface area contributed by atoms with E-state index in [0.29, 0.717) is 0 Å². The van der Waals surface area contributed by atoms with Crippen LogP contribution in [0.5, 0.6) is 0 Å². The molecule has 0 amide bonds. The minimum Gasteiger partial charge on any atom is -0.327 e. The summed E-state index contributed by atoms with van der Waals surface area (Å²) in [6.07, 6.45) is 1.00. The summed E-state index contributed by atoms with van der Waals surface area (Å²) in [5.74, 6) is 0. The topological polar surface area (TPSA) is 38.0 Å². The standard InChI is InChI=1S/C12H21ClN2S/c1-12(2,3)10(14)6-7-15-8-9-4-5-11(13)16-9/h4-5,10,15H,6-8,14H2,1-3H3. The van der Waals surface area contributed by atoms with Gasteiger partial charge in [-0.05, 0) is 30.5 Å². The number of halogens is 1. The van der Waals surface area contributed by atoms with Crippen molar-refractivity contribution in [2.45, 2.75) is 39.8 Å². The summed E-state index contributed by atoms with van der Waals surface area (Å²) in [5, 5.41) is 3.39. The van der Waals surface area contributed by atoms with Crippen LogP contribution in [0.1, 0.15) is 32.1 Å². The lowest BCUT2D eigenvalue weighted by molar-refractivity contribution is 0.302. The molecular weight excluding hydrogens is 240 g/mol. The van der Waals surface area contributed by atoms with E-state index in [0.717, 1.165) is 23.8 Å². The SMILES string of the molecule is CC(C)(C)C(N)CCNCc1ccc(Cl)s1. The Morgan fingerprint density at radius 2 is 2.12 bits per heavy atom. The Morgan fingerprint density at radius 1 is 1.44 bits per heavy atom. The lowest BCUT2D eigenvalue weighted by Crippen LogP contribution is -2.37. The van der Waals surface area contributed by atoms with Gasteiger partial charge in [-0.25, -0.2) is 0 Å². The molecule has 0 aliphatic rings. The van der Waals surface area contributed by atoms with E-state index in [1.807, 2.05) is 6.07 Å². The van der Waals surface area contributed by atoms with Gasteiger partial charge < -0.3 is 11.1 Å². The summed E-state index contributed by atoms with van der Waals surface area (Å²) >= 11 is 7.48. The molecule has 1 aromatic heterocycles. The predicted octanol–water partition coefficient (Wildman–Crippen LogP) is 3.25. The van der Waals surface area contributed by atoms with Crippen molar-refractivity contribution in [3.63, 3.8) is 0 Å². The first-order chi connectivity index (χ1) is 7.39. The third-order valence-corrected chi connectivity index (χ3v) is 3.90. The Balaban J connectivity index is 2.17. The Morgan fingerprint density at radius 3 is 2.62 bits per heavy atom. The lowest BCUT2D eigenvalue weighted by atomic mass is 9.85. The first kappa shape index (κ1) is 14.0. The molecule has 1 atom stereocenters. The highest BCUT2D eigenvalue weighted by molar-refractivity contribution is 7.16. The first-order valence-corrected chi connectivity index (χ1v) is 6.79. The average molecular weight is 261 g/mol. The van der Waals surface area contributed by atoms with Gasteiger partial charge in [-0.3, -0.25) is 0 Å². The van der Waals surface area contributed by atoms with Gasteiger partial charge in [0.1, 0.15) is 0 Å². The maximum atomic E-state index is 6.08. The number of nitrogens with one attached hydrogen (secondary N) is 1. The van der Waals surface area contributed by atoms with Crippen molar-refractivity contribution in [3.05, 3.63) is 21.3 Å². The predicted molar refractivity (Wildman–Crippen MR) is 73.1 cm³/mol. The van der Waals surface area contributed by atoms with Crippen molar-refractivity contribution in [1.82, 2.24) is 5.32 Å². The molecule has 0 fully saturated rings. The largest absolute Gasteiger partial charge is 0.327 e. The lowest BCUT2D eigenvalue weighted by Gasteiger charge is -2.27. The summed E-state index contributed by atoms with van der Waals surface area (Å²) in [6, 6.07) is 4.24. The minimum absolute atomic E-state index is 0.188. The van der Waals surface area contributed by atoms with Crippen LogP contribution in [0.2, 0.25) is 4.34 Å². The van der Waals surface area contributed by atoms with E-state index in [1.54, 1.807) is 11.3 Å². The zero-order valence-corrected chi connectivity index (χ0v) is 11.8. The van der Waals surface area contributed by atoms with E-state index < -0.39 is 0 Å². The third kappa shape index (κ3) is 4.83. The van der Waals surface area contributed by atoms with Gasteiger partial charge in [0.05, 0.1) is 4.34 Å². The normalized spacial score (nSPS) is 14.1. The molecule has 0 spiro atoms. The first-order valence-electron chi connectivity index (χ1n) is 5.60. The molecule has 0 radical (unpaired) electrons. The van der Waals surface area contributed by atoms with Crippen molar-refractivity contribution in [2.24, 2.45) is 11.1 Å². The third-order valence-electron chi connectivity index (χ3n) is 2.67. The molecule has 0 saturated carbocycles. The highest BCUT2D eigenvalue weighted by atomic mass is 35.5. The number of rotatable bonds is 5. The number of thiophene rings is 1. The van der Waals surface area contributed by atoms with Crippen LogP contribution in [0.25, 0.3) is 0 Å². The van der Waals surface area contributed by atoms with Gasteiger partial charge in [0, 0.05) is 17.5 Å². The van der Waals surface area contributed by atoms with Crippen molar-refractivity contribution >= 4 is 22.9 Å². The Labute approximate surface area is 107 Å². The van der Waals surface area contributed by atoms with E-state index in [9.17, 15) is 0 Å². The van der Waals surface area contributed by atoms with Crippen molar-refractivity contribution in [3.8, 4) is 0 Å². The smallest absolute Gasteiger partial charge is 0.0931 e. The van der Waals surface area contributed by atoms with E-state index in [-0.39, 0.29) is 11.5 Å². The van der Waals surface area contributed by atoms with E-state index in [1.165, 1.54) is 4.88 Å². The van der Waals surface area contributed by atoms with Gasteiger partial charge in [-0.1, -0.05) is 32.4 Å². The zero-order chi connectivity index (χ0) is 12.2. The molecular formula is C12H21ClN2S. The van der Waals surface area contributed by atoms with E-state index in [4.69, 9.17) is 17.3 Å². The number of hydrogen-bond acceptors (Lipinski definition) is 3. The van der Waals surface area contributed by atoms with E-state index in [2.05, 4.69) is 32.2 Å². The molecule has 0 saturated heterocycles. The molecule has 3 N–H and O–H groups in total. The number of hydrogen-bond donors (Lipinski definition) is 2. The van der Waals surface area contributed by atoms with Gasteiger partial charge in [0.2, 0.25) is 0 Å². The van der Waals surface area contributed by atoms with Crippen LogP contribution in [0.3, 0.4) is 0 Å². The van der Waals surface area contributed by atoms with Crippen LogP contribution in [-0.4, -0.2) is 12.6 Å². The molecule has 0 aliphatic heterocycles. The van der Waals surface area contributed by atoms with Gasteiger partial charge >= 0.3 is 0 Å². The summed E-state index contributed by atoms with van der Waals surface area (Å²) in [6.45, 7) is 8.37. The fraction of sp³-hybridized carbons (Fsp3) is 0.667. The van der Waals surface area contributed by atoms with Crippen LogP contribution in [0, 0.1) is 5.41 Å². The highest BCUT2D eigenvalue weighted by Gasteiger charge is 2.19. The second-order valence-electron chi connectivity index (χ2n) is 5.14. The summed E-state index contributed by atoms with van der Waals surface area (Å²) < 4.78 is 0.850. The Bertz CT molecular complexity index is 317. The minimum atomic E-state index is 0.188. The molecule has 0 bridgehead atoms. The van der Waals surface area contributed by atoms with Gasteiger partial charge in [0.15, 0.2) is 0 Å².